The number of carbonyl (C=O) groups excluding carboxylic acids is 2. The summed E-state index contributed by atoms with van der Waals surface area (Å²) in [7, 11) is 1.34. The van der Waals surface area contributed by atoms with E-state index in [1.165, 1.54) is 7.11 Å². The molecule has 21 heavy (non-hydrogen) atoms. The fourth-order valence-corrected chi connectivity index (χ4v) is 2.95. The van der Waals surface area contributed by atoms with Crippen molar-refractivity contribution in [1.82, 2.24) is 0 Å². The van der Waals surface area contributed by atoms with Gasteiger partial charge in [0.15, 0.2) is 0 Å². The van der Waals surface area contributed by atoms with Crippen molar-refractivity contribution in [2.45, 2.75) is 12.8 Å². The summed E-state index contributed by atoms with van der Waals surface area (Å²) < 4.78 is 9.99. The fraction of sp³-hybridized carbons (Fsp3) is 0.312. The van der Waals surface area contributed by atoms with Gasteiger partial charge in [0.05, 0.1) is 18.4 Å². The van der Waals surface area contributed by atoms with E-state index in [-0.39, 0.29) is 6.61 Å². The van der Waals surface area contributed by atoms with Crippen molar-refractivity contribution in [3.05, 3.63) is 47.2 Å². The second-order valence-corrected chi connectivity index (χ2v) is 5.08. The van der Waals surface area contributed by atoms with E-state index in [4.69, 9.17) is 9.47 Å². The van der Waals surface area contributed by atoms with Gasteiger partial charge in [0.2, 0.25) is 0 Å². The summed E-state index contributed by atoms with van der Waals surface area (Å²) in [6.45, 7) is 1.95. The van der Waals surface area contributed by atoms with Gasteiger partial charge in [-0.05, 0) is 12.5 Å². The zero-order valence-electron chi connectivity index (χ0n) is 11.8. The first kappa shape index (κ1) is 13.5. The normalized spacial score (nSPS) is 24.3. The number of nitrogens with zero attached hydrogens (tertiary/aromatic N) is 1. The minimum absolute atomic E-state index is 0.169. The third-order valence-corrected chi connectivity index (χ3v) is 3.89. The summed E-state index contributed by atoms with van der Waals surface area (Å²) in [5, 5.41) is 0. The molecule has 2 atom stereocenters. The van der Waals surface area contributed by atoms with Crippen LogP contribution in [0.1, 0.15) is 18.4 Å². The van der Waals surface area contributed by atoms with Crippen molar-refractivity contribution in [3.8, 4) is 0 Å². The summed E-state index contributed by atoms with van der Waals surface area (Å²) in [5.41, 5.74) is 2.62. The number of cyclic esters (lactones) is 1. The van der Waals surface area contributed by atoms with Gasteiger partial charge in [-0.15, -0.1) is 0 Å². The molecule has 2 heterocycles. The number of hydrogen-bond donors (Lipinski definition) is 0. The molecule has 0 fully saturated rings. The van der Waals surface area contributed by atoms with E-state index in [0.717, 1.165) is 5.56 Å². The number of hydrogen-bond acceptors (Lipinski definition) is 5. The van der Waals surface area contributed by atoms with Crippen LogP contribution in [-0.2, 0) is 19.1 Å². The molecule has 5 nitrogen and oxygen atoms in total. The smallest absolute Gasteiger partial charge is 0.337 e. The lowest BCUT2D eigenvalue weighted by atomic mass is 9.76. The van der Waals surface area contributed by atoms with E-state index < -0.39 is 23.8 Å². The second kappa shape index (κ2) is 5.16. The highest BCUT2D eigenvalue weighted by atomic mass is 16.5. The Balaban J connectivity index is 2.16. The Morgan fingerprint density at radius 1 is 1.33 bits per heavy atom. The Morgan fingerprint density at radius 3 is 2.71 bits per heavy atom. The van der Waals surface area contributed by atoms with Gasteiger partial charge in [0, 0.05) is 11.6 Å². The van der Waals surface area contributed by atoms with Gasteiger partial charge in [0.1, 0.15) is 12.5 Å². The molecule has 0 amide bonds. The van der Waals surface area contributed by atoms with Crippen LogP contribution in [0.25, 0.3) is 0 Å². The zero-order valence-corrected chi connectivity index (χ0v) is 11.8. The van der Waals surface area contributed by atoms with Gasteiger partial charge in [-0.3, -0.25) is 9.79 Å². The molecule has 1 aromatic rings. The molecule has 2 unspecified atom stereocenters. The number of aliphatic imine (C=N–C) groups is 1. The minimum atomic E-state index is -0.596. The van der Waals surface area contributed by atoms with Crippen LogP contribution in [0.4, 0.5) is 0 Å². The number of ether oxygens (including phenoxy) is 2. The van der Waals surface area contributed by atoms with Crippen molar-refractivity contribution >= 4 is 17.7 Å². The van der Waals surface area contributed by atoms with Crippen LogP contribution in [0.5, 0.6) is 0 Å². The molecule has 0 N–H and O–H groups in total. The maximum atomic E-state index is 12.2. The molecule has 2 aliphatic rings. The number of carbonyl (C=O) groups is 2. The van der Waals surface area contributed by atoms with Gasteiger partial charge in [-0.2, -0.15) is 0 Å². The topological polar surface area (TPSA) is 65.0 Å². The van der Waals surface area contributed by atoms with Gasteiger partial charge < -0.3 is 9.47 Å². The zero-order chi connectivity index (χ0) is 15.0. The van der Waals surface area contributed by atoms with Crippen LogP contribution in [0, 0.1) is 5.92 Å². The highest BCUT2D eigenvalue weighted by Crippen LogP contribution is 2.42. The quantitative estimate of drug-likeness (QED) is 0.778. The molecule has 0 aliphatic carbocycles. The first-order valence-corrected chi connectivity index (χ1v) is 6.71. The molecular formula is C16H15NO4. The molecule has 0 spiro atoms. The van der Waals surface area contributed by atoms with Gasteiger partial charge in [0.25, 0.3) is 0 Å². The largest absolute Gasteiger partial charge is 0.468 e. The Kier molecular flexibility index (Phi) is 3.33. The van der Waals surface area contributed by atoms with Gasteiger partial charge in [-0.1, -0.05) is 30.3 Å². The molecule has 2 aliphatic heterocycles. The monoisotopic (exact) mass is 285 g/mol. The first-order chi connectivity index (χ1) is 10.1. The average molecular weight is 285 g/mol. The van der Waals surface area contributed by atoms with Crippen molar-refractivity contribution in [2.75, 3.05) is 13.7 Å². The summed E-state index contributed by atoms with van der Waals surface area (Å²) >= 11 is 0. The second-order valence-electron chi connectivity index (χ2n) is 5.08. The van der Waals surface area contributed by atoms with Crippen LogP contribution in [0.2, 0.25) is 0 Å². The minimum Gasteiger partial charge on any atom is -0.468 e. The van der Waals surface area contributed by atoms with E-state index in [9.17, 15) is 9.59 Å². The van der Waals surface area contributed by atoms with E-state index >= 15 is 0 Å². The van der Waals surface area contributed by atoms with Gasteiger partial charge in [-0.25, -0.2) is 4.79 Å². The molecular weight excluding hydrogens is 270 g/mol. The molecule has 5 heteroatoms. The fourth-order valence-electron chi connectivity index (χ4n) is 2.95. The van der Waals surface area contributed by atoms with E-state index in [1.807, 2.05) is 30.3 Å². The number of esters is 2. The molecule has 0 saturated heterocycles. The van der Waals surface area contributed by atoms with Crippen molar-refractivity contribution in [3.63, 3.8) is 0 Å². The lowest BCUT2D eigenvalue weighted by Crippen LogP contribution is -2.34. The summed E-state index contributed by atoms with van der Waals surface area (Å²) in [4.78, 5) is 28.6. The highest BCUT2D eigenvalue weighted by Gasteiger charge is 2.45. The average Bonchev–Trinajstić information content (AvgIpc) is 2.87. The maximum Gasteiger partial charge on any atom is 0.337 e. The van der Waals surface area contributed by atoms with Gasteiger partial charge >= 0.3 is 11.9 Å². The molecule has 0 radical (unpaired) electrons. The Hall–Kier alpha value is -2.43. The lowest BCUT2D eigenvalue weighted by Gasteiger charge is -2.28. The molecule has 0 aromatic heterocycles. The Morgan fingerprint density at radius 2 is 2.05 bits per heavy atom. The van der Waals surface area contributed by atoms with Crippen molar-refractivity contribution < 1.29 is 19.1 Å². The summed E-state index contributed by atoms with van der Waals surface area (Å²) in [5.74, 6) is -1.79. The van der Waals surface area contributed by atoms with E-state index in [0.29, 0.717) is 17.0 Å². The maximum absolute atomic E-state index is 12.2. The molecule has 3 rings (SSSR count). The highest BCUT2D eigenvalue weighted by molar-refractivity contribution is 6.07. The van der Waals surface area contributed by atoms with Crippen LogP contribution in [0.15, 0.2) is 46.6 Å². The molecule has 1 aromatic carbocycles. The third-order valence-electron chi connectivity index (χ3n) is 3.89. The Labute approximate surface area is 122 Å². The molecule has 0 bridgehead atoms. The summed E-state index contributed by atoms with van der Waals surface area (Å²) in [6, 6.07) is 9.45. The van der Waals surface area contributed by atoms with Crippen molar-refractivity contribution in [2.24, 2.45) is 10.9 Å². The predicted molar refractivity (Wildman–Crippen MR) is 75.8 cm³/mol. The van der Waals surface area contributed by atoms with E-state index in [2.05, 4.69) is 4.99 Å². The van der Waals surface area contributed by atoms with Crippen LogP contribution >= 0.6 is 0 Å². The number of rotatable bonds is 2. The van der Waals surface area contributed by atoms with Crippen molar-refractivity contribution in [1.29, 1.82) is 0 Å². The Bertz CT molecular complexity index is 660. The van der Waals surface area contributed by atoms with Crippen LogP contribution in [-0.4, -0.2) is 31.4 Å². The van der Waals surface area contributed by atoms with Crippen LogP contribution < -0.4 is 0 Å². The summed E-state index contributed by atoms with van der Waals surface area (Å²) in [6.07, 6.45) is 0. The lowest BCUT2D eigenvalue weighted by molar-refractivity contribution is -0.143. The standard InChI is InChI=1S/C16H15NO4/c1-9-12(15(18)20-2)13(10-6-4-3-5-7-10)14-11(17-9)8-21-16(14)19/h3-7,12-13H,8H2,1-2H3. The van der Waals surface area contributed by atoms with Crippen LogP contribution in [0.3, 0.4) is 0 Å². The predicted octanol–water partition coefficient (Wildman–Crippen LogP) is 1.84. The molecule has 108 valence electrons. The number of benzene rings is 1. The SMILES string of the molecule is COC(=O)C1C(C)=NC2=C(C(=O)OC2)C1c1ccccc1. The third kappa shape index (κ3) is 2.14. The number of methoxy groups -OCH3 is 1. The first-order valence-electron chi connectivity index (χ1n) is 6.71. The molecule has 0 saturated carbocycles. The van der Waals surface area contributed by atoms with E-state index in [1.54, 1.807) is 6.92 Å².